The molecule has 0 aromatic heterocycles. The molecule has 0 saturated carbocycles. The summed E-state index contributed by atoms with van der Waals surface area (Å²) in [6, 6.07) is 0. The van der Waals surface area contributed by atoms with Crippen molar-refractivity contribution in [3.8, 4) is 0 Å². The van der Waals surface area contributed by atoms with E-state index in [1.807, 2.05) is 0 Å². The Labute approximate surface area is 77.8 Å². The number of nitrogens with zero attached hydrogens (tertiary/aromatic N) is 1. The lowest BCUT2D eigenvalue weighted by atomic mass is 10.1. The summed E-state index contributed by atoms with van der Waals surface area (Å²) in [6.07, 6.45) is 2.69. The van der Waals surface area contributed by atoms with Crippen LogP contribution in [0.25, 0.3) is 0 Å². The largest absolute Gasteiger partial charge is 0.370 e. The number of amides is 1. The minimum absolute atomic E-state index is 0.0535. The highest BCUT2D eigenvalue weighted by Crippen LogP contribution is 2.11. The zero-order valence-corrected chi connectivity index (χ0v) is 7.86. The fourth-order valence-electron chi connectivity index (χ4n) is 1.38. The van der Waals surface area contributed by atoms with Crippen LogP contribution in [0.1, 0.15) is 19.8 Å². The molecule has 1 heterocycles. The average molecular weight is 185 g/mol. The Balaban J connectivity index is 2.17. The highest BCUT2D eigenvalue weighted by molar-refractivity contribution is 5.76. The minimum Gasteiger partial charge on any atom is -0.370 e. The van der Waals surface area contributed by atoms with Gasteiger partial charge in [0.2, 0.25) is 6.41 Å². The van der Waals surface area contributed by atoms with Crippen molar-refractivity contribution in [3.63, 3.8) is 0 Å². The predicted octanol–water partition coefficient (Wildman–Crippen LogP) is 0.213. The summed E-state index contributed by atoms with van der Waals surface area (Å²) in [5.41, 5.74) is 0. The zero-order valence-electron chi connectivity index (χ0n) is 7.86. The molecule has 4 heteroatoms. The molecule has 4 nitrogen and oxygen atoms in total. The number of hydrogen-bond donors (Lipinski definition) is 0. The van der Waals surface area contributed by atoms with Crippen molar-refractivity contribution >= 4 is 12.2 Å². The second-order valence-electron chi connectivity index (χ2n) is 3.35. The fraction of sp³-hybridized carbons (Fsp3) is 0.778. The van der Waals surface area contributed by atoms with Gasteiger partial charge in [0.05, 0.1) is 6.10 Å². The normalized spacial score (nSPS) is 18.7. The molecule has 0 bridgehead atoms. The Morgan fingerprint density at radius 1 is 1.54 bits per heavy atom. The van der Waals surface area contributed by atoms with E-state index in [0.717, 1.165) is 32.3 Å². The summed E-state index contributed by atoms with van der Waals surface area (Å²) in [4.78, 5) is 22.7. The van der Waals surface area contributed by atoms with Crippen LogP contribution < -0.4 is 0 Å². The van der Waals surface area contributed by atoms with E-state index < -0.39 is 0 Å². The first-order valence-corrected chi connectivity index (χ1v) is 4.52. The molecule has 0 aliphatic carbocycles. The number of Topliss-reactive ketones (excluding diaryl/α,β-unsaturated/α-hetero) is 1. The molecular weight excluding hydrogens is 170 g/mol. The molecule has 0 atom stereocenters. The highest BCUT2D eigenvalue weighted by Gasteiger charge is 2.18. The van der Waals surface area contributed by atoms with Crippen molar-refractivity contribution in [2.75, 3.05) is 19.7 Å². The number of carbonyl (C=O) groups is 2. The smallest absolute Gasteiger partial charge is 0.209 e. The minimum atomic E-state index is 0.0535. The van der Waals surface area contributed by atoms with E-state index in [2.05, 4.69) is 0 Å². The first-order chi connectivity index (χ1) is 6.22. The SMILES string of the molecule is CC(=O)COC1CCN(C=O)CC1. The van der Waals surface area contributed by atoms with Crippen molar-refractivity contribution in [2.45, 2.75) is 25.9 Å². The van der Waals surface area contributed by atoms with E-state index in [-0.39, 0.29) is 18.5 Å². The van der Waals surface area contributed by atoms with Crippen LogP contribution in [0.2, 0.25) is 0 Å². The summed E-state index contributed by atoms with van der Waals surface area (Å²) >= 11 is 0. The number of ether oxygens (including phenoxy) is 1. The van der Waals surface area contributed by atoms with E-state index in [1.54, 1.807) is 4.90 Å². The molecule has 1 rings (SSSR count). The van der Waals surface area contributed by atoms with Gasteiger partial charge >= 0.3 is 0 Å². The number of hydrogen-bond acceptors (Lipinski definition) is 3. The van der Waals surface area contributed by atoms with Crippen molar-refractivity contribution < 1.29 is 14.3 Å². The molecule has 1 aliphatic rings. The molecule has 74 valence electrons. The van der Waals surface area contributed by atoms with E-state index in [1.165, 1.54) is 6.92 Å². The van der Waals surface area contributed by atoms with Crippen LogP contribution in [0.15, 0.2) is 0 Å². The lowest BCUT2D eigenvalue weighted by Gasteiger charge is -2.28. The topological polar surface area (TPSA) is 46.6 Å². The number of piperidine rings is 1. The molecule has 1 saturated heterocycles. The van der Waals surface area contributed by atoms with Crippen molar-refractivity contribution in [2.24, 2.45) is 0 Å². The number of likely N-dealkylation sites (tertiary alicyclic amines) is 1. The van der Waals surface area contributed by atoms with Crippen molar-refractivity contribution in [3.05, 3.63) is 0 Å². The second kappa shape index (κ2) is 4.97. The molecule has 13 heavy (non-hydrogen) atoms. The van der Waals surface area contributed by atoms with Gasteiger partial charge in [-0.2, -0.15) is 0 Å². The maximum atomic E-state index is 10.6. The van der Waals surface area contributed by atoms with E-state index in [9.17, 15) is 9.59 Å². The Morgan fingerprint density at radius 3 is 2.62 bits per heavy atom. The van der Waals surface area contributed by atoms with Gasteiger partial charge in [-0.1, -0.05) is 0 Å². The van der Waals surface area contributed by atoms with Gasteiger partial charge in [-0.15, -0.1) is 0 Å². The van der Waals surface area contributed by atoms with Crippen molar-refractivity contribution in [1.82, 2.24) is 4.90 Å². The van der Waals surface area contributed by atoms with Crippen LogP contribution in [-0.4, -0.2) is 42.9 Å². The van der Waals surface area contributed by atoms with Crippen LogP contribution in [0.4, 0.5) is 0 Å². The average Bonchev–Trinajstić information content (AvgIpc) is 2.15. The summed E-state index contributed by atoms with van der Waals surface area (Å²) in [6.45, 7) is 3.20. The summed E-state index contributed by atoms with van der Waals surface area (Å²) < 4.78 is 5.35. The summed E-state index contributed by atoms with van der Waals surface area (Å²) in [5.74, 6) is 0.0535. The van der Waals surface area contributed by atoms with Crippen LogP contribution in [0.5, 0.6) is 0 Å². The zero-order chi connectivity index (χ0) is 9.68. The fourth-order valence-corrected chi connectivity index (χ4v) is 1.38. The first kappa shape index (κ1) is 10.2. The van der Waals surface area contributed by atoms with E-state index in [0.29, 0.717) is 0 Å². The Morgan fingerprint density at radius 2 is 2.15 bits per heavy atom. The molecule has 0 radical (unpaired) electrons. The summed E-state index contributed by atoms with van der Waals surface area (Å²) in [7, 11) is 0. The van der Waals surface area contributed by atoms with E-state index >= 15 is 0 Å². The molecule has 1 fully saturated rings. The van der Waals surface area contributed by atoms with Gasteiger partial charge in [-0.25, -0.2) is 0 Å². The number of ketones is 1. The number of rotatable bonds is 4. The maximum absolute atomic E-state index is 10.6. The maximum Gasteiger partial charge on any atom is 0.209 e. The van der Waals surface area contributed by atoms with Gasteiger partial charge < -0.3 is 9.64 Å². The second-order valence-corrected chi connectivity index (χ2v) is 3.35. The molecular formula is C9H15NO3. The van der Waals surface area contributed by atoms with Crippen LogP contribution in [0.3, 0.4) is 0 Å². The molecule has 0 unspecified atom stereocenters. The Bertz CT molecular complexity index is 185. The van der Waals surface area contributed by atoms with Gasteiger partial charge in [-0.3, -0.25) is 9.59 Å². The van der Waals surface area contributed by atoms with Crippen molar-refractivity contribution in [1.29, 1.82) is 0 Å². The number of carbonyl (C=O) groups excluding carboxylic acids is 2. The first-order valence-electron chi connectivity index (χ1n) is 4.52. The van der Waals surface area contributed by atoms with Crippen LogP contribution in [-0.2, 0) is 14.3 Å². The van der Waals surface area contributed by atoms with Crippen LogP contribution >= 0.6 is 0 Å². The molecule has 0 spiro atoms. The van der Waals surface area contributed by atoms with Crippen LogP contribution in [0, 0.1) is 0 Å². The molecule has 0 aromatic carbocycles. The Kier molecular flexibility index (Phi) is 3.89. The third-order valence-electron chi connectivity index (χ3n) is 2.15. The Hall–Kier alpha value is -0.900. The predicted molar refractivity (Wildman–Crippen MR) is 47.3 cm³/mol. The molecule has 1 aliphatic heterocycles. The lowest BCUT2D eigenvalue weighted by molar-refractivity contribution is -0.127. The van der Waals surface area contributed by atoms with Gasteiger partial charge in [0.1, 0.15) is 6.61 Å². The van der Waals surface area contributed by atoms with E-state index in [4.69, 9.17) is 4.74 Å². The third kappa shape index (κ3) is 3.55. The monoisotopic (exact) mass is 185 g/mol. The van der Waals surface area contributed by atoms with Gasteiger partial charge in [0.25, 0.3) is 0 Å². The molecule has 1 amide bonds. The molecule has 0 aromatic rings. The highest BCUT2D eigenvalue weighted by atomic mass is 16.5. The standard InChI is InChI=1S/C9H15NO3/c1-8(12)6-13-9-2-4-10(7-11)5-3-9/h7,9H,2-6H2,1H3. The molecule has 0 N–H and O–H groups in total. The quantitative estimate of drug-likeness (QED) is 0.588. The van der Waals surface area contributed by atoms with Gasteiger partial charge in [0, 0.05) is 13.1 Å². The summed E-state index contributed by atoms with van der Waals surface area (Å²) in [5, 5.41) is 0. The van der Waals surface area contributed by atoms with Gasteiger partial charge in [-0.05, 0) is 19.8 Å². The third-order valence-corrected chi connectivity index (χ3v) is 2.15. The van der Waals surface area contributed by atoms with Gasteiger partial charge in [0.15, 0.2) is 5.78 Å². The lowest BCUT2D eigenvalue weighted by Crippen LogP contribution is -2.36.